The molecule has 2 atom stereocenters. The SMILES string of the molecule is CCC(=O)Nc1ccc(C(O)C(N)CC(=O)O)cc1. The lowest BCUT2D eigenvalue weighted by atomic mass is 10.0. The van der Waals surface area contributed by atoms with Crippen molar-refractivity contribution in [3.05, 3.63) is 29.8 Å². The van der Waals surface area contributed by atoms with E-state index in [4.69, 9.17) is 10.8 Å². The Kier molecular flexibility index (Phi) is 5.47. The highest BCUT2D eigenvalue weighted by Gasteiger charge is 2.19. The zero-order chi connectivity index (χ0) is 14.4. The van der Waals surface area contributed by atoms with Gasteiger partial charge >= 0.3 is 5.97 Å². The highest BCUT2D eigenvalue weighted by atomic mass is 16.4. The molecule has 1 aromatic carbocycles. The van der Waals surface area contributed by atoms with Crippen LogP contribution < -0.4 is 11.1 Å². The van der Waals surface area contributed by atoms with E-state index >= 15 is 0 Å². The number of hydrogen-bond donors (Lipinski definition) is 4. The van der Waals surface area contributed by atoms with Crippen molar-refractivity contribution in [3.63, 3.8) is 0 Å². The molecular formula is C13H18N2O4. The molecule has 0 aliphatic carbocycles. The van der Waals surface area contributed by atoms with Gasteiger partial charge in [-0.2, -0.15) is 0 Å². The van der Waals surface area contributed by atoms with Crippen molar-refractivity contribution in [2.45, 2.75) is 31.9 Å². The largest absolute Gasteiger partial charge is 0.481 e. The Hall–Kier alpha value is -1.92. The van der Waals surface area contributed by atoms with Crippen molar-refractivity contribution in [2.24, 2.45) is 5.73 Å². The summed E-state index contributed by atoms with van der Waals surface area (Å²) in [5.41, 5.74) is 6.73. The van der Waals surface area contributed by atoms with Gasteiger partial charge in [0, 0.05) is 18.2 Å². The number of anilines is 1. The third-order valence-corrected chi connectivity index (χ3v) is 2.67. The summed E-state index contributed by atoms with van der Waals surface area (Å²) in [4.78, 5) is 21.7. The Morgan fingerprint density at radius 3 is 2.37 bits per heavy atom. The summed E-state index contributed by atoms with van der Waals surface area (Å²) in [6.07, 6.45) is -0.976. The number of aliphatic hydroxyl groups excluding tert-OH is 1. The molecule has 0 spiro atoms. The Labute approximate surface area is 111 Å². The summed E-state index contributed by atoms with van der Waals surface area (Å²) in [5.74, 6) is -1.16. The standard InChI is InChI=1S/C13H18N2O4/c1-2-11(16)15-9-5-3-8(4-6-9)13(19)10(14)7-12(17)18/h3-6,10,13,19H,2,7,14H2,1H3,(H,15,16)(H,17,18). The van der Waals surface area contributed by atoms with Gasteiger partial charge in [-0.05, 0) is 17.7 Å². The number of hydrogen-bond acceptors (Lipinski definition) is 4. The predicted octanol–water partition coefficient (Wildman–Crippen LogP) is 0.870. The van der Waals surface area contributed by atoms with Gasteiger partial charge in [-0.15, -0.1) is 0 Å². The predicted molar refractivity (Wildman–Crippen MR) is 70.6 cm³/mol. The van der Waals surface area contributed by atoms with E-state index in [2.05, 4.69) is 5.32 Å². The molecule has 1 aromatic rings. The third-order valence-electron chi connectivity index (χ3n) is 2.67. The van der Waals surface area contributed by atoms with Crippen molar-refractivity contribution < 1.29 is 19.8 Å². The van der Waals surface area contributed by atoms with Gasteiger partial charge in [0.25, 0.3) is 0 Å². The number of benzene rings is 1. The Morgan fingerprint density at radius 1 is 1.32 bits per heavy atom. The van der Waals surface area contributed by atoms with E-state index < -0.39 is 18.1 Å². The van der Waals surface area contributed by atoms with Crippen LogP contribution >= 0.6 is 0 Å². The smallest absolute Gasteiger partial charge is 0.305 e. The lowest BCUT2D eigenvalue weighted by Crippen LogP contribution is -2.30. The summed E-state index contributed by atoms with van der Waals surface area (Å²) < 4.78 is 0. The molecule has 0 radical (unpaired) electrons. The van der Waals surface area contributed by atoms with Crippen LogP contribution in [0.5, 0.6) is 0 Å². The molecule has 104 valence electrons. The molecule has 0 aromatic heterocycles. The first kappa shape index (κ1) is 15.1. The topological polar surface area (TPSA) is 113 Å². The number of aliphatic hydroxyl groups is 1. The second-order valence-corrected chi connectivity index (χ2v) is 4.23. The molecule has 0 fully saturated rings. The summed E-state index contributed by atoms with van der Waals surface area (Å²) in [7, 11) is 0. The van der Waals surface area contributed by atoms with Gasteiger partial charge in [-0.1, -0.05) is 19.1 Å². The normalized spacial score (nSPS) is 13.6. The molecule has 2 unspecified atom stereocenters. The number of carboxylic acids is 1. The quantitative estimate of drug-likeness (QED) is 0.610. The van der Waals surface area contributed by atoms with Gasteiger partial charge in [-0.3, -0.25) is 9.59 Å². The fourth-order valence-corrected chi connectivity index (χ4v) is 1.57. The fourth-order valence-electron chi connectivity index (χ4n) is 1.57. The van der Waals surface area contributed by atoms with Gasteiger partial charge in [-0.25, -0.2) is 0 Å². The monoisotopic (exact) mass is 266 g/mol. The Bertz CT molecular complexity index is 444. The van der Waals surface area contributed by atoms with Gasteiger partial charge in [0.05, 0.1) is 12.5 Å². The molecule has 6 heteroatoms. The minimum absolute atomic E-state index is 0.101. The molecular weight excluding hydrogens is 248 g/mol. The van der Waals surface area contributed by atoms with Crippen LogP contribution in [0.2, 0.25) is 0 Å². The lowest BCUT2D eigenvalue weighted by molar-refractivity contribution is -0.138. The lowest BCUT2D eigenvalue weighted by Gasteiger charge is -2.17. The van der Waals surface area contributed by atoms with Gasteiger partial charge in [0.2, 0.25) is 5.91 Å². The van der Waals surface area contributed by atoms with Crippen molar-refractivity contribution in [2.75, 3.05) is 5.32 Å². The first-order valence-electron chi connectivity index (χ1n) is 5.99. The maximum Gasteiger partial charge on any atom is 0.305 e. The van der Waals surface area contributed by atoms with Gasteiger partial charge in [0.1, 0.15) is 0 Å². The summed E-state index contributed by atoms with van der Waals surface area (Å²) in [6.45, 7) is 1.75. The maximum atomic E-state index is 11.2. The number of rotatable bonds is 6. The number of amides is 1. The summed E-state index contributed by atoms with van der Waals surface area (Å²) >= 11 is 0. The van der Waals surface area contributed by atoms with E-state index in [1.54, 1.807) is 31.2 Å². The van der Waals surface area contributed by atoms with Crippen LogP contribution in [0.4, 0.5) is 5.69 Å². The molecule has 0 aliphatic heterocycles. The Morgan fingerprint density at radius 2 is 1.89 bits per heavy atom. The molecule has 1 rings (SSSR count). The zero-order valence-corrected chi connectivity index (χ0v) is 10.7. The number of nitrogens with two attached hydrogens (primary N) is 1. The molecule has 19 heavy (non-hydrogen) atoms. The number of aliphatic carboxylic acids is 1. The first-order valence-corrected chi connectivity index (χ1v) is 5.99. The van der Waals surface area contributed by atoms with Gasteiger partial charge in [0.15, 0.2) is 0 Å². The minimum atomic E-state index is -1.06. The number of carbonyl (C=O) groups excluding carboxylic acids is 1. The molecule has 5 N–H and O–H groups in total. The molecule has 0 bridgehead atoms. The van der Waals surface area contributed by atoms with Gasteiger partial charge < -0.3 is 21.3 Å². The number of nitrogens with one attached hydrogen (secondary N) is 1. The van der Waals surface area contributed by atoms with Crippen molar-refractivity contribution in [1.82, 2.24) is 0 Å². The van der Waals surface area contributed by atoms with Crippen molar-refractivity contribution in [1.29, 1.82) is 0 Å². The molecule has 1 amide bonds. The highest BCUT2D eigenvalue weighted by Crippen LogP contribution is 2.20. The van der Waals surface area contributed by atoms with Crippen LogP contribution in [0, 0.1) is 0 Å². The molecule has 0 aliphatic rings. The second-order valence-electron chi connectivity index (χ2n) is 4.23. The minimum Gasteiger partial charge on any atom is -0.481 e. The van der Waals surface area contributed by atoms with Crippen LogP contribution in [0.3, 0.4) is 0 Å². The van der Waals surface area contributed by atoms with E-state index in [1.165, 1.54) is 0 Å². The maximum absolute atomic E-state index is 11.2. The van der Waals surface area contributed by atoms with E-state index in [1.807, 2.05) is 0 Å². The van der Waals surface area contributed by atoms with E-state index in [9.17, 15) is 14.7 Å². The molecule has 6 nitrogen and oxygen atoms in total. The first-order chi connectivity index (χ1) is 8.93. The van der Waals surface area contributed by atoms with Crippen LogP contribution in [-0.2, 0) is 9.59 Å². The molecule has 0 saturated heterocycles. The van der Waals surface area contributed by atoms with E-state index in [0.29, 0.717) is 17.7 Å². The fraction of sp³-hybridized carbons (Fsp3) is 0.385. The Balaban J connectivity index is 2.69. The summed E-state index contributed by atoms with van der Waals surface area (Å²) in [5, 5.41) is 21.2. The molecule has 0 saturated carbocycles. The zero-order valence-electron chi connectivity index (χ0n) is 10.7. The highest BCUT2D eigenvalue weighted by molar-refractivity contribution is 5.90. The van der Waals surface area contributed by atoms with Crippen LogP contribution in [0.25, 0.3) is 0 Å². The van der Waals surface area contributed by atoms with Crippen molar-refractivity contribution in [3.8, 4) is 0 Å². The molecule has 0 heterocycles. The van der Waals surface area contributed by atoms with Crippen molar-refractivity contribution >= 4 is 17.6 Å². The second kappa shape index (κ2) is 6.86. The average molecular weight is 266 g/mol. The van der Waals surface area contributed by atoms with E-state index in [-0.39, 0.29) is 12.3 Å². The van der Waals surface area contributed by atoms with Crippen LogP contribution in [0.15, 0.2) is 24.3 Å². The third kappa shape index (κ3) is 4.69. The summed E-state index contributed by atoms with van der Waals surface area (Å²) in [6, 6.07) is 5.63. The average Bonchev–Trinajstić information content (AvgIpc) is 2.37. The number of carboxylic acid groups (broad SMARTS) is 1. The van der Waals surface area contributed by atoms with Crippen LogP contribution in [-0.4, -0.2) is 28.1 Å². The van der Waals surface area contributed by atoms with E-state index in [0.717, 1.165) is 0 Å². The number of carbonyl (C=O) groups is 2. The van der Waals surface area contributed by atoms with Crippen LogP contribution in [0.1, 0.15) is 31.4 Å².